The second-order valence-corrected chi connectivity index (χ2v) is 18.9. The molecule has 74 heavy (non-hydrogen) atoms. The summed E-state index contributed by atoms with van der Waals surface area (Å²) < 4.78 is 24.8. The van der Waals surface area contributed by atoms with Crippen LogP contribution in [0.2, 0.25) is 0 Å². The van der Waals surface area contributed by atoms with Crippen LogP contribution >= 0.6 is 0 Å². The smallest absolute Gasteiger partial charge is 0.137 e. The summed E-state index contributed by atoms with van der Waals surface area (Å²) in [4.78, 5) is 4.59. The van der Waals surface area contributed by atoms with Gasteiger partial charge < -0.3 is 28.1 Å². The van der Waals surface area contributed by atoms with Crippen molar-refractivity contribution in [2.75, 3.05) is 24.0 Å². The summed E-state index contributed by atoms with van der Waals surface area (Å²) in [6.45, 7) is 0. The number of furan rings is 2. The van der Waals surface area contributed by atoms with Gasteiger partial charge in [-0.1, -0.05) is 109 Å². The van der Waals surface area contributed by atoms with Gasteiger partial charge in [0.25, 0.3) is 0 Å². The van der Waals surface area contributed by atoms with E-state index in [-0.39, 0.29) is 0 Å². The Hall–Kier alpha value is -9.78. The predicted molar refractivity (Wildman–Crippen MR) is 307 cm³/mol. The third kappa shape index (κ3) is 7.51. The molecule has 2 aromatic heterocycles. The molecule has 0 atom stereocenters. The van der Waals surface area contributed by atoms with E-state index in [9.17, 15) is 0 Å². The highest BCUT2D eigenvalue weighted by Crippen LogP contribution is 2.44. The lowest BCUT2D eigenvalue weighted by atomic mass is 10.0. The van der Waals surface area contributed by atoms with Crippen molar-refractivity contribution in [3.63, 3.8) is 0 Å². The molecule has 0 radical (unpaired) electrons. The minimum atomic E-state index is 0.813. The van der Waals surface area contributed by atoms with Gasteiger partial charge in [0.15, 0.2) is 0 Å². The average Bonchev–Trinajstić information content (AvgIpc) is 4.01. The highest BCUT2D eigenvalue weighted by Gasteiger charge is 2.20. The molecule has 0 fully saturated rings. The Kier molecular flexibility index (Phi) is 10.2. The van der Waals surface area contributed by atoms with Crippen LogP contribution in [-0.2, 0) is 0 Å². The third-order valence-corrected chi connectivity index (χ3v) is 14.5. The fourth-order valence-corrected chi connectivity index (χ4v) is 10.8. The zero-order valence-electron chi connectivity index (χ0n) is 40.6. The average molecular weight is 955 g/mol. The quantitative estimate of drug-likeness (QED) is 0.136. The fraction of sp³-hybridized carbons (Fsp3) is 0.0294. The number of rotatable bonds is 10. The number of methoxy groups -OCH3 is 2. The molecular formula is C68H46N2O4. The van der Waals surface area contributed by atoms with E-state index in [1.165, 1.54) is 11.1 Å². The third-order valence-electron chi connectivity index (χ3n) is 14.5. The lowest BCUT2D eigenvalue weighted by Gasteiger charge is -2.26. The molecule has 0 unspecified atom stereocenters. The molecule has 0 N–H and O–H groups in total. The van der Waals surface area contributed by atoms with Gasteiger partial charge in [-0.3, -0.25) is 0 Å². The Labute approximate surface area is 427 Å². The number of hydrogen-bond donors (Lipinski definition) is 0. The zero-order valence-corrected chi connectivity index (χ0v) is 40.6. The van der Waals surface area contributed by atoms with E-state index in [1.807, 2.05) is 24.3 Å². The molecular weight excluding hydrogens is 909 g/mol. The second kappa shape index (κ2) is 17.5. The highest BCUT2D eigenvalue weighted by molar-refractivity contribution is 6.16. The van der Waals surface area contributed by atoms with Crippen molar-refractivity contribution in [3.05, 3.63) is 243 Å². The van der Waals surface area contributed by atoms with Gasteiger partial charge in [0.05, 0.1) is 14.2 Å². The molecule has 12 aromatic carbocycles. The molecule has 14 rings (SSSR count). The predicted octanol–water partition coefficient (Wildman–Crippen LogP) is 19.2. The summed E-state index contributed by atoms with van der Waals surface area (Å²) in [5.74, 6) is 1.64. The molecule has 14 aromatic rings. The van der Waals surface area contributed by atoms with Gasteiger partial charge in [-0.15, -0.1) is 0 Å². The first-order valence-electron chi connectivity index (χ1n) is 24.8. The molecule has 0 aliphatic heterocycles. The van der Waals surface area contributed by atoms with Gasteiger partial charge in [-0.05, 0) is 176 Å². The van der Waals surface area contributed by atoms with E-state index in [0.717, 1.165) is 133 Å². The largest absolute Gasteiger partial charge is 0.497 e. The van der Waals surface area contributed by atoms with Crippen molar-refractivity contribution in [1.82, 2.24) is 0 Å². The van der Waals surface area contributed by atoms with Crippen molar-refractivity contribution >= 4 is 110 Å². The SMILES string of the molecule is COc1ccc2ccc(N(c3ccc(-c4ccccc4)cc3)c3ccc4c(c3)oc3cc5cc6c(cc5cc34)oc3cc(N(c4ccc(-c5ccccc5)cc4)c4ccc5ccc(OC)cc5c4)ccc36)cc2c1. The fourth-order valence-electron chi connectivity index (χ4n) is 10.8. The number of fused-ring (bicyclic) bond motifs is 9. The van der Waals surface area contributed by atoms with Crippen LogP contribution in [0.1, 0.15) is 0 Å². The van der Waals surface area contributed by atoms with Gasteiger partial charge in [0.2, 0.25) is 0 Å². The van der Waals surface area contributed by atoms with Crippen molar-refractivity contribution < 1.29 is 18.3 Å². The Balaban J connectivity index is 0.847. The summed E-state index contributed by atoms with van der Waals surface area (Å²) in [6, 6.07) is 85.9. The summed E-state index contributed by atoms with van der Waals surface area (Å²) in [7, 11) is 3.42. The van der Waals surface area contributed by atoms with Crippen molar-refractivity contribution in [3.8, 4) is 33.8 Å². The molecule has 2 heterocycles. The Bertz CT molecular complexity index is 4160. The summed E-state index contributed by atoms with van der Waals surface area (Å²) in [5, 5.41) is 10.8. The van der Waals surface area contributed by atoms with Crippen LogP contribution in [-0.4, -0.2) is 14.2 Å². The standard InChI is InChI=1S/C68H46N2O4/c1-71-59-29-19-47-17-25-55(33-49(47)35-59)69(53-21-13-45(14-22-53)43-9-5-3-6-10-43)57-27-31-61-63-37-51-40-66-64(38-52(51)39-65(63)73-67(61)41-57)62-32-28-58(42-68(62)74-66)70(54-23-15-46(16-24-54)44-11-7-4-8-12-44)56-26-18-48-20-30-60(72-2)36-50(48)34-56/h3-42H,1-2H3. The molecule has 0 aliphatic carbocycles. The second-order valence-electron chi connectivity index (χ2n) is 18.9. The molecule has 0 aliphatic rings. The van der Waals surface area contributed by atoms with E-state index >= 15 is 0 Å². The van der Waals surface area contributed by atoms with E-state index < -0.39 is 0 Å². The van der Waals surface area contributed by atoms with Crippen LogP contribution in [0.5, 0.6) is 11.5 Å². The Morgan fingerprint density at radius 1 is 0.257 bits per heavy atom. The first kappa shape index (κ1) is 43.0. The van der Waals surface area contributed by atoms with Gasteiger partial charge in [-0.25, -0.2) is 0 Å². The monoisotopic (exact) mass is 954 g/mol. The first-order chi connectivity index (χ1) is 36.5. The summed E-state index contributed by atoms with van der Waals surface area (Å²) in [6.07, 6.45) is 0. The van der Waals surface area contributed by atoms with Gasteiger partial charge in [0, 0.05) is 67.8 Å². The lowest BCUT2D eigenvalue weighted by Crippen LogP contribution is -2.09. The number of benzene rings is 12. The van der Waals surface area contributed by atoms with E-state index in [4.69, 9.17) is 18.3 Å². The maximum absolute atomic E-state index is 6.80. The minimum Gasteiger partial charge on any atom is -0.497 e. The van der Waals surface area contributed by atoms with Crippen LogP contribution < -0.4 is 19.3 Å². The Morgan fingerprint density at radius 3 is 1.01 bits per heavy atom. The number of nitrogens with zero attached hydrogens (tertiary/aromatic N) is 2. The Morgan fingerprint density at radius 2 is 0.595 bits per heavy atom. The van der Waals surface area contributed by atoms with E-state index in [1.54, 1.807) is 14.2 Å². The topological polar surface area (TPSA) is 51.2 Å². The first-order valence-corrected chi connectivity index (χ1v) is 24.8. The van der Waals surface area contributed by atoms with Gasteiger partial charge in [0.1, 0.15) is 33.8 Å². The number of anilines is 6. The molecule has 0 saturated carbocycles. The van der Waals surface area contributed by atoms with Crippen molar-refractivity contribution in [1.29, 1.82) is 0 Å². The molecule has 352 valence electrons. The van der Waals surface area contributed by atoms with Crippen LogP contribution in [0.4, 0.5) is 34.1 Å². The molecule has 0 amide bonds. The highest BCUT2D eigenvalue weighted by atomic mass is 16.5. The number of hydrogen-bond acceptors (Lipinski definition) is 6. The molecule has 0 saturated heterocycles. The maximum Gasteiger partial charge on any atom is 0.137 e. The van der Waals surface area contributed by atoms with Gasteiger partial charge in [-0.2, -0.15) is 0 Å². The van der Waals surface area contributed by atoms with Crippen molar-refractivity contribution in [2.45, 2.75) is 0 Å². The summed E-state index contributed by atoms with van der Waals surface area (Å²) in [5.41, 5.74) is 14.1. The van der Waals surface area contributed by atoms with E-state index in [2.05, 4.69) is 228 Å². The molecule has 6 heteroatoms. The zero-order chi connectivity index (χ0) is 49.3. The van der Waals surface area contributed by atoms with Crippen molar-refractivity contribution in [2.24, 2.45) is 0 Å². The summed E-state index contributed by atoms with van der Waals surface area (Å²) >= 11 is 0. The van der Waals surface area contributed by atoms with Gasteiger partial charge >= 0.3 is 0 Å². The van der Waals surface area contributed by atoms with Crippen LogP contribution in [0.15, 0.2) is 251 Å². The maximum atomic E-state index is 6.80. The lowest BCUT2D eigenvalue weighted by molar-refractivity contribution is 0.415. The number of ether oxygens (including phenoxy) is 2. The van der Waals surface area contributed by atoms with Crippen LogP contribution in [0.3, 0.4) is 0 Å². The molecule has 0 bridgehead atoms. The van der Waals surface area contributed by atoms with E-state index in [0.29, 0.717) is 0 Å². The normalized spacial score (nSPS) is 11.6. The van der Waals surface area contributed by atoms with Crippen LogP contribution in [0.25, 0.3) is 98.4 Å². The minimum absolute atomic E-state index is 0.813. The molecule has 0 spiro atoms. The molecule has 6 nitrogen and oxygen atoms in total. The van der Waals surface area contributed by atoms with Crippen LogP contribution in [0, 0.1) is 0 Å².